The number of unbranched alkanes of at least 4 members (excludes halogenated alkanes) is 44. The van der Waals surface area contributed by atoms with Crippen molar-refractivity contribution in [3.05, 3.63) is 60.8 Å². The number of allylic oxidation sites excluding steroid dienone is 10. The highest BCUT2D eigenvalue weighted by Gasteiger charge is 2.19. The van der Waals surface area contributed by atoms with E-state index in [-0.39, 0.29) is 31.1 Å². The maximum atomic E-state index is 13.0. The van der Waals surface area contributed by atoms with Gasteiger partial charge in [0.05, 0.1) is 0 Å². The van der Waals surface area contributed by atoms with Crippen molar-refractivity contribution in [1.82, 2.24) is 0 Å². The van der Waals surface area contributed by atoms with Gasteiger partial charge in [-0.15, -0.1) is 0 Å². The SMILES string of the molecule is CC/C=C\C/C=C\C/C=C\C/C=C\CCCCCCCCCCCCCCC(=O)OCC(COC(=O)CCCCCCC/C=C\CCCCCCCCC)OC(=O)CCCCCCCCCCCCCCCCCCCCCCC. The molecule has 80 heavy (non-hydrogen) atoms. The number of esters is 3. The van der Waals surface area contributed by atoms with Crippen LogP contribution in [0, 0.1) is 0 Å². The Kier molecular flexibility index (Phi) is 66.1. The van der Waals surface area contributed by atoms with Crippen molar-refractivity contribution in [2.75, 3.05) is 13.2 Å². The summed E-state index contributed by atoms with van der Waals surface area (Å²) in [7, 11) is 0. The monoisotopic (exact) mass is 1120 g/mol. The smallest absolute Gasteiger partial charge is 0.306 e. The lowest BCUT2D eigenvalue weighted by Gasteiger charge is -2.18. The molecule has 1 unspecified atom stereocenters. The van der Waals surface area contributed by atoms with Crippen LogP contribution in [0.25, 0.3) is 0 Å². The molecule has 0 aliphatic carbocycles. The van der Waals surface area contributed by atoms with Crippen LogP contribution in [0.2, 0.25) is 0 Å². The normalized spacial score (nSPS) is 12.4. The number of hydrogen-bond acceptors (Lipinski definition) is 6. The van der Waals surface area contributed by atoms with Crippen LogP contribution in [0.3, 0.4) is 0 Å². The molecule has 0 aromatic heterocycles. The Morgan fingerprint density at radius 1 is 0.263 bits per heavy atom. The Balaban J connectivity index is 4.30. The molecule has 0 bridgehead atoms. The van der Waals surface area contributed by atoms with E-state index < -0.39 is 6.10 Å². The number of hydrogen-bond donors (Lipinski definition) is 0. The van der Waals surface area contributed by atoms with Crippen molar-refractivity contribution >= 4 is 17.9 Å². The molecule has 0 rings (SSSR count). The largest absolute Gasteiger partial charge is 0.462 e. The van der Waals surface area contributed by atoms with Gasteiger partial charge in [0.15, 0.2) is 6.10 Å². The van der Waals surface area contributed by atoms with Crippen molar-refractivity contribution < 1.29 is 28.6 Å². The van der Waals surface area contributed by atoms with Gasteiger partial charge in [-0.2, -0.15) is 0 Å². The Morgan fingerprint density at radius 2 is 0.487 bits per heavy atom. The molecule has 0 aromatic rings. The lowest BCUT2D eigenvalue weighted by molar-refractivity contribution is -0.167. The summed E-state index contributed by atoms with van der Waals surface area (Å²) < 4.78 is 17.0. The lowest BCUT2D eigenvalue weighted by atomic mass is 10.0. The van der Waals surface area contributed by atoms with Crippen LogP contribution in [0.15, 0.2) is 60.8 Å². The molecule has 0 amide bonds. The molecule has 1 atom stereocenters. The zero-order chi connectivity index (χ0) is 57.8. The number of ether oxygens (including phenoxy) is 3. The maximum absolute atomic E-state index is 13.0. The highest BCUT2D eigenvalue weighted by atomic mass is 16.6. The third-order valence-corrected chi connectivity index (χ3v) is 15.8. The van der Waals surface area contributed by atoms with Crippen LogP contribution < -0.4 is 0 Å². The fraction of sp³-hybridized carbons (Fsp3) is 0.824. The summed E-state index contributed by atoms with van der Waals surface area (Å²) >= 11 is 0. The molecule has 0 N–H and O–H groups in total. The van der Waals surface area contributed by atoms with Gasteiger partial charge < -0.3 is 14.2 Å². The molecule has 6 heteroatoms. The predicted octanol–water partition coefficient (Wildman–Crippen LogP) is 24.3. The Morgan fingerprint density at radius 3 is 0.775 bits per heavy atom. The van der Waals surface area contributed by atoms with Gasteiger partial charge in [-0.25, -0.2) is 0 Å². The molecule has 0 saturated heterocycles. The molecule has 0 saturated carbocycles. The molecule has 0 fully saturated rings. The summed E-state index contributed by atoms with van der Waals surface area (Å²) in [6.45, 7) is 6.59. The summed E-state index contributed by atoms with van der Waals surface area (Å²) in [5, 5.41) is 0. The van der Waals surface area contributed by atoms with Gasteiger partial charge >= 0.3 is 17.9 Å². The van der Waals surface area contributed by atoms with Crippen LogP contribution in [0.4, 0.5) is 0 Å². The van der Waals surface area contributed by atoms with Crippen LogP contribution in [-0.2, 0) is 28.6 Å². The highest BCUT2D eigenvalue weighted by molar-refractivity contribution is 5.71. The summed E-state index contributed by atoms with van der Waals surface area (Å²) in [4.78, 5) is 38.5. The average molecular weight is 1120 g/mol. The van der Waals surface area contributed by atoms with Gasteiger partial charge in [-0.1, -0.05) is 332 Å². The zero-order valence-electron chi connectivity index (χ0n) is 53.6. The first-order chi connectivity index (χ1) is 39.5. The predicted molar refractivity (Wildman–Crippen MR) is 348 cm³/mol. The summed E-state index contributed by atoms with van der Waals surface area (Å²) in [5.74, 6) is -0.857. The van der Waals surface area contributed by atoms with Crippen LogP contribution in [-0.4, -0.2) is 37.2 Å². The van der Waals surface area contributed by atoms with E-state index in [9.17, 15) is 14.4 Å². The standard InChI is InChI=1S/C74H134O6/c1-4-7-10-13-16-19-22-25-28-31-33-35-36-37-38-40-41-43-46-49-52-55-58-61-64-67-73(76)79-70-71(69-78-72(75)66-63-60-57-54-51-48-45-30-27-24-21-18-15-12-9-6-3)80-74(77)68-65-62-59-56-53-50-47-44-42-39-34-32-29-26-23-20-17-14-11-8-5-2/h7,10,16,19,25,28,30,33,35,45,71H,4-6,8-9,11-15,17-18,20-24,26-27,29,31-32,34,36-44,46-70H2,1-3H3/b10-7-,19-16-,28-25-,35-33-,45-30-. The Labute approximate surface area is 498 Å². The number of carbonyl (C=O) groups is 3. The van der Waals surface area contributed by atoms with Gasteiger partial charge in [0.2, 0.25) is 0 Å². The van der Waals surface area contributed by atoms with Gasteiger partial charge in [-0.3, -0.25) is 14.4 Å². The molecule has 0 heterocycles. The average Bonchev–Trinajstić information content (AvgIpc) is 3.46. The van der Waals surface area contributed by atoms with E-state index in [1.807, 2.05) is 0 Å². The van der Waals surface area contributed by atoms with Crippen molar-refractivity contribution in [3.63, 3.8) is 0 Å². The van der Waals surface area contributed by atoms with Gasteiger partial charge in [0.1, 0.15) is 13.2 Å². The van der Waals surface area contributed by atoms with E-state index in [4.69, 9.17) is 14.2 Å². The molecular formula is C74H134O6. The molecule has 0 radical (unpaired) electrons. The first-order valence-electron chi connectivity index (χ1n) is 35.3. The highest BCUT2D eigenvalue weighted by Crippen LogP contribution is 2.18. The zero-order valence-corrected chi connectivity index (χ0v) is 53.6. The quantitative estimate of drug-likeness (QED) is 0.0261. The number of rotatable bonds is 65. The minimum Gasteiger partial charge on any atom is -0.462 e. The first-order valence-corrected chi connectivity index (χ1v) is 35.3. The van der Waals surface area contributed by atoms with Crippen molar-refractivity contribution in [2.24, 2.45) is 0 Å². The second kappa shape index (κ2) is 68.6. The molecule has 0 aliphatic heterocycles. The van der Waals surface area contributed by atoms with E-state index in [1.165, 1.54) is 244 Å². The molecule has 0 spiro atoms. The molecular weight excluding hydrogens is 985 g/mol. The van der Waals surface area contributed by atoms with Crippen molar-refractivity contribution in [3.8, 4) is 0 Å². The van der Waals surface area contributed by atoms with Gasteiger partial charge in [0.25, 0.3) is 0 Å². The maximum Gasteiger partial charge on any atom is 0.306 e. The van der Waals surface area contributed by atoms with Crippen LogP contribution in [0.1, 0.15) is 374 Å². The lowest BCUT2D eigenvalue weighted by Crippen LogP contribution is -2.30. The Bertz CT molecular complexity index is 1430. The number of carbonyl (C=O) groups excluding carboxylic acids is 3. The van der Waals surface area contributed by atoms with E-state index in [0.29, 0.717) is 19.3 Å². The third-order valence-electron chi connectivity index (χ3n) is 15.8. The third kappa shape index (κ3) is 65.9. The van der Waals surface area contributed by atoms with Gasteiger partial charge in [-0.05, 0) is 83.5 Å². The second-order valence-electron chi connectivity index (χ2n) is 23.8. The van der Waals surface area contributed by atoms with E-state index >= 15 is 0 Å². The molecule has 0 aliphatic rings. The summed E-state index contributed by atoms with van der Waals surface area (Å²) in [6, 6.07) is 0. The van der Waals surface area contributed by atoms with Crippen molar-refractivity contribution in [1.29, 1.82) is 0 Å². The van der Waals surface area contributed by atoms with Crippen molar-refractivity contribution in [2.45, 2.75) is 380 Å². The van der Waals surface area contributed by atoms with E-state index in [2.05, 4.69) is 81.5 Å². The second-order valence-corrected chi connectivity index (χ2v) is 23.8. The molecule has 6 nitrogen and oxygen atoms in total. The molecule has 0 aromatic carbocycles. The summed E-state index contributed by atoms with van der Waals surface area (Å²) in [5.41, 5.74) is 0. The minimum absolute atomic E-state index is 0.0735. The fourth-order valence-corrected chi connectivity index (χ4v) is 10.5. The Hall–Kier alpha value is -2.89. The van der Waals surface area contributed by atoms with Crippen LogP contribution >= 0.6 is 0 Å². The van der Waals surface area contributed by atoms with Gasteiger partial charge in [0, 0.05) is 19.3 Å². The fourth-order valence-electron chi connectivity index (χ4n) is 10.5. The topological polar surface area (TPSA) is 78.9 Å². The summed E-state index contributed by atoms with van der Waals surface area (Å²) in [6.07, 6.45) is 88.1. The first kappa shape index (κ1) is 77.1. The van der Waals surface area contributed by atoms with E-state index in [1.54, 1.807) is 0 Å². The molecule has 466 valence electrons. The van der Waals surface area contributed by atoms with Crippen LogP contribution in [0.5, 0.6) is 0 Å². The van der Waals surface area contributed by atoms with E-state index in [0.717, 1.165) is 89.9 Å². The minimum atomic E-state index is -0.778.